The Morgan fingerprint density at radius 1 is 1.19 bits per heavy atom. The second kappa shape index (κ2) is 4.18. The highest BCUT2D eigenvalue weighted by Gasteiger charge is 2.43. The van der Waals surface area contributed by atoms with Crippen LogP contribution in [0.25, 0.3) is 0 Å². The highest BCUT2D eigenvalue weighted by Crippen LogP contribution is 2.53. The van der Waals surface area contributed by atoms with Crippen LogP contribution < -0.4 is 0 Å². The van der Waals surface area contributed by atoms with Crippen molar-refractivity contribution < 1.29 is 5.11 Å². The molecule has 0 radical (unpaired) electrons. The van der Waals surface area contributed by atoms with E-state index in [1.807, 2.05) is 6.92 Å². The van der Waals surface area contributed by atoms with Gasteiger partial charge in [-0.15, -0.1) is 0 Å². The average Bonchev–Trinajstić information content (AvgIpc) is 2.39. The minimum atomic E-state index is -0.295. The van der Waals surface area contributed by atoms with E-state index in [1.54, 1.807) is 0 Å². The van der Waals surface area contributed by atoms with E-state index in [0.29, 0.717) is 10.8 Å². The van der Waals surface area contributed by atoms with Crippen molar-refractivity contribution in [3.8, 4) is 0 Å². The Hall–Kier alpha value is -0.300. The second-order valence-corrected chi connectivity index (χ2v) is 6.99. The van der Waals surface area contributed by atoms with Crippen molar-refractivity contribution in [1.29, 1.82) is 0 Å². The number of hydrogen-bond acceptors (Lipinski definition) is 1. The van der Waals surface area contributed by atoms with Crippen LogP contribution in [0.1, 0.15) is 60.8 Å². The molecular weight excluding hydrogens is 196 g/mol. The van der Waals surface area contributed by atoms with Crippen LogP contribution in [0.3, 0.4) is 0 Å². The van der Waals surface area contributed by atoms with Gasteiger partial charge in [-0.3, -0.25) is 0 Å². The molecule has 1 rings (SSSR count). The zero-order valence-corrected chi connectivity index (χ0v) is 11.8. The molecule has 0 aliphatic heterocycles. The Morgan fingerprint density at radius 2 is 1.75 bits per heavy atom. The number of allylic oxidation sites excluding steroid dienone is 1. The van der Waals surface area contributed by atoms with Crippen LogP contribution in [0.5, 0.6) is 0 Å². The van der Waals surface area contributed by atoms with Gasteiger partial charge in [-0.25, -0.2) is 0 Å². The maximum atomic E-state index is 9.72. The SMILES string of the molecule is CC(O)C(C)(C)/C=C/C1(C)CCCC1(C)C. The van der Waals surface area contributed by atoms with Crippen LogP contribution in [-0.4, -0.2) is 11.2 Å². The topological polar surface area (TPSA) is 20.2 Å². The van der Waals surface area contributed by atoms with Crippen molar-refractivity contribution in [2.45, 2.75) is 66.9 Å². The Balaban J connectivity index is 2.85. The molecule has 0 heterocycles. The van der Waals surface area contributed by atoms with E-state index < -0.39 is 0 Å². The fraction of sp³-hybridized carbons (Fsp3) is 0.867. The molecule has 1 N–H and O–H groups in total. The molecule has 1 nitrogen and oxygen atoms in total. The van der Waals surface area contributed by atoms with Gasteiger partial charge in [0.05, 0.1) is 6.10 Å². The first kappa shape index (κ1) is 13.8. The monoisotopic (exact) mass is 224 g/mol. The molecule has 0 bridgehead atoms. The van der Waals surface area contributed by atoms with Crippen molar-refractivity contribution in [2.75, 3.05) is 0 Å². The lowest BCUT2D eigenvalue weighted by Gasteiger charge is -2.37. The number of aliphatic hydroxyl groups excluding tert-OH is 1. The molecule has 0 aromatic carbocycles. The van der Waals surface area contributed by atoms with Crippen molar-refractivity contribution in [1.82, 2.24) is 0 Å². The molecule has 0 saturated heterocycles. The third kappa shape index (κ3) is 2.51. The lowest BCUT2D eigenvalue weighted by atomic mass is 9.68. The summed E-state index contributed by atoms with van der Waals surface area (Å²) in [6, 6.07) is 0. The molecule has 16 heavy (non-hydrogen) atoms. The van der Waals surface area contributed by atoms with Gasteiger partial charge in [0.1, 0.15) is 0 Å². The summed E-state index contributed by atoms with van der Waals surface area (Å²) in [7, 11) is 0. The quantitative estimate of drug-likeness (QED) is 0.713. The highest BCUT2D eigenvalue weighted by molar-refractivity contribution is 5.11. The van der Waals surface area contributed by atoms with Gasteiger partial charge < -0.3 is 5.11 Å². The van der Waals surface area contributed by atoms with E-state index in [2.05, 4.69) is 46.8 Å². The minimum Gasteiger partial charge on any atom is -0.393 e. The maximum Gasteiger partial charge on any atom is 0.0597 e. The lowest BCUT2D eigenvalue weighted by Crippen LogP contribution is -2.29. The summed E-state index contributed by atoms with van der Waals surface area (Å²) in [5.41, 5.74) is 0.555. The van der Waals surface area contributed by atoms with Gasteiger partial charge in [-0.05, 0) is 30.6 Å². The lowest BCUT2D eigenvalue weighted by molar-refractivity contribution is 0.0974. The first-order valence-electron chi connectivity index (χ1n) is 6.49. The standard InChI is InChI=1S/C15H28O/c1-12(16)13(2,3)10-11-15(6)9-7-8-14(15,4)5/h10-12,16H,7-9H2,1-6H3/b11-10+. The van der Waals surface area contributed by atoms with Crippen LogP contribution in [0.2, 0.25) is 0 Å². The van der Waals surface area contributed by atoms with Gasteiger partial charge in [-0.1, -0.05) is 53.2 Å². The predicted molar refractivity (Wildman–Crippen MR) is 70.3 cm³/mol. The van der Waals surface area contributed by atoms with Crippen LogP contribution in [-0.2, 0) is 0 Å². The number of hydrogen-bond donors (Lipinski definition) is 1. The summed E-state index contributed by atoms with van der Waals surface area (Å²) in [5, 5.41) is 9.72. The molecule has 2 atom stereocenters. The van der Waals surface area contributed by atoms with Crippen LogP contribution in [0.15, 0.2) is 12.2 Å². The Kier molecular flexibility index (Phi) is 3.59. The smallest absolute Gasteiger partial charge is 0.0597 e. The minimum absolute atomic E-state index is 0.123. The summed E-state index contributed by atoms with van der Waals surface area (Å²) in [6.45, 7) is 13.1. The first-order chi connectivity index (χ1) is 7.11. The summed E-state index contributed by atoms with van der Waals surface area (Å²) >= 11 is 0. The molecule has 1 heteroatoms. The predicted octanol–water partition coefficient (Wildman–Crippen LogP) is 4.17. The van der Waals surface area contributed by atoms with Crippen LogP contribution in [0, 0.1) is 16.2 Å². The molecule has 0 aromatic heterocycles. The van der Waals surface area contributed by atoms with E-state index in [1.165, 1.54) is 19.3 Å². The zero-order chi connectivity index (χ0) is 12.6. The van der Waals surface area contributed by atoms with Gasteiger partial charge in [0, 0.05) is 5.41 Å². The third-order valence-electron chi connectivity index (χ3n) is 5.00. The van der Waals surface area contributed by atoms with Gasteiger partial charge >= 0.3 is 0 Å². The van der Waals surface area contributed by atoms with Crippen molar-refractivity contribution >= 4 is 0 Å². The van der Waals surface area contributed by atoms with Gasteiger partial charge in [0.25, 0.3) is 0 Å². The average molecular weight is 224 g/mol. The highest BCUT2D eigenvalue weighted by atomic mass is 16.3. The molecule has 94 valence electrons. The van der Waals surface area contributed by atoms with Gasteiger partial charge in [0.15, 0.2) is 0 Å². The van der Waals surface area contributed by atoms with E-state index in [9.17, 15) is 5.11 Å². The Morgan fingerprint density at radius 3 is 2.12 bits per heavy atom. The fourth-order valence-electron chi connectivity index (χ4n) is 2.37. The number of aliphatic hydroxyl groups is 1. The summed E-state index contributed by atoms with van der Waals surface area (Å²) in [5.74, 6) is 0. The fourth-order valence-corrected chi connectivity index (χ4v) is 2.37. The zero-order valence-electron chi connectivity index (χ0n) is 11.8. The van der Waals surface area contributed by atoms with E-state index in [-0.39, 0.29) is 11.5 Å². The summed E-state index contributed by atoms with van der Waals surface area (Å²) in [4.78, 5) is 0. The Labute approximate surface area is 101 Å². The van der Waals surface area contributed by atoms with Crippen LogP contribution >= 0.6 is 0 Å². The van der Waals surface area contributed by atoms with Gasteiger partial charge in [0.2, 0.25) is 0 Å². The largest absolute Gasteiger partial charge is 0.393 e. The molecule has 1 aliphatic carbocycles. The molecule has 0 amide bonds. The summed E-state index contributed by atoms with van der Waals surface area (Å²) < 4.78 is 0. The summed E-state index contributed by atoms with van der Waals surface area (Å²) in [6.07, 6.45) is 8.17. The van der Waals surface area contributed by atoms with E-state index in [4.69, 9.17) is 0 Å². The van der Waals surface area contributed by atoms with E-state index in [0.717, 1.165) is 0 Å². The normalized spacial score (nSPS) is 32.2. The maximum absolute atomic E-state index is 9.72. The van der Waals surface area contributed by atoms with Crippen LogP contribution in [0.4, 0.5) is 0 Å². The van der Waals surface area contributed by atoms with Gasteiger partial charge in [-0.2, -0.15) is 0 Å². The molecule has 0 spiro atoms. The van der Waals surface area contributed by atoms with E-state index >= 15 is 0 Å². The van der Waals surface area contributed by atoms with Crippen molar-refractivity contribution in [3.63, 3.8) is 0 Å². The molecule has 1 saturated carbocycles. The third-order valence-corrected chi connectivity index (χ3v) is 5.00. The second-order valence-electron chi connectivity index (χ2n) is 6.99. The molecule has 0 aromatic rings. The number of rotatable bonds is 3. The molecule has 1 aliphatic rings. The molecule has 1 fully saturated rings. The first-order valence-corrected chi connectivity index (χ1v) is 6.49. The Bertz CT molecular complexity index is 273. The van der Waals surface area contributed by atoms with Crippen molar-refractivity contribution in [2.24, 2.45) is 16.2 Å². The molecule has 2 unspecified atom stereocenters. The van der Waals surface area contributed by atoms with Crippen molar-refractivity contribution in [3.05, 3.63) is 12.2 Å². The molecular formula is C15H28O.